The van der Waals surface area contributed by atoms with Crippen LogP contribution in [0.15, 0.2) is 48.5 Å². The van der Waals surface area contributed by atoms with Crippen molar-refractivity contribution < 1.29 is 9.47 Å². The number of piperidine rings is 1. The predicted molar refractivity (Wildman–Crippen MR) is 121 cm³/mol. The molecule has 6 heteroatoms. The summed E-state index contributed by atoms with van der Waals surface area (Å²) in [5.41, 5.74) is 2.25. The molecule has 160 valence electrons. The van der Waals surface area contributed by atoms with Crippen LogP contribution in [0.5, 0.6) is 5.88 Å². The Morgan fingerprint density at radius 3 is 2.60 bits per heavy atom. The third-order valence-corrected chi connectivity index (χ3v) is 6.09. The van der Waals surface area contributed by atoms with E-state index in [2.05, 4.69) is 17.0 Å². The minimum Gasteiger partial charge on any atom is -0.476 e. The Balaban J connectivity index is 1.32. The van der Waals surface area contributed by atoms with Crippen LogP contribution in [0.25, 0.3) is 10.9 Å². The van der Waals surface area contributed by atoms with Gasteiger partial charge < -0.3 is 14.4 Å². The first-order valence-electron chi connectivity index (χ1n) is 10.8. The molecule has 2 heterocycles. The van der Waals surface area contributed by atoms with Crippen molar-refractivity contribution in [2.75, 3.05) is 40.0 Å². The van der Waals surface area contributed by atoms with E-state index in [0.29, 0.717) is 13.2 Å². The van der Waals surface area contributed by atoms with E-state index in [4.69, 9.17) is 26.2 Å². The molecule has 0 amide bonds. The van der Waals surface area contributed by atoms with Crippen LogP contribution in [0.1, 0.15) is 24.8 Å². The molecule has 1 fully saturated rings. The van der Waals surface area contributed by atoms with Gasteiger partial charge in [0, 0.05) is 25.3 Å². The summed E-state index contributed by atoms with van der Waals surface area (Å²) < 4.78 is 13.4. The molecule has 2 aromatic carbocycles. The molecule has 30 heavy (non-hydrogen) atoms. The van der Waals surface area contributed by atoms with Gasteiger partial charge in [-0.2, -0.15) is 0 Å². The molecule has 3 aromatic rings. The molecule has 0 saturated carbocycles. The highest BCUT2D eigenvalue weighted by molar-refractivity contribution is 6.30. The molecule has 1 aromatic heterocycles. The topological polar surface area (TPSA) is 39.5 Å². The van der Waals surface area contributed by atoms with Crippen molar-refractivity contribution in [1.29, 1.82) is 0 Å². The number of benzene rings is 2. The summed E-state index contributed by atoms with van der Waals surface area (Å²) >= 11 is 6.01. The van der Waals surface area contributed by atoms with Crippen molar-refractivity contribution >= 4 is 22.5 Å². The lowest BCUT2D eigenvalue weighted by Gasteiger charge is -2.31. The summed E-state index contributed by atoms with van der Waals surface area (Å²) in [5, 5.41) is 6.56. The average Bonchev–Trinajstić information content (AvgIpc) is 3.12. The fourth-order valence-electron chi connectivity index (χ4n) is 4.16. The molecule has 0 aliphatic carbocycles. The smallest absolute Gasteiger partial charge is 0.240 e. The third kappa shape index (κ3) is 5.34. The van der Waals surface area contributed by atoms with Gasteiger partial charge in [0.05, 0.1) is 24.1 Å². The van der Waals surface area contributed by atoms with Crippen molar-refractivity contribution in [3.63, 3.8) is 0 Å². The number of methoxy groups -OCH3 is 1. The van der Waals surface area contributed by atoms with Crippen LogP contribution in [0.2, 0.25) is 5.02 Å². The van der Waals surface area contributed by atoms with E-state index in [1.54, 1.807) is 7.11 Å². The number of halogens is 1. The van der Waals surface area contributed by atoms with Gasteiger partial charge in [-0.05, 0) is 68.1 Å². The van der Waals surface area contributed by atoms with Gasteiger partial charge >= 0.3 is 0 Å². The van der Waals surface area contributed by atoms with Gasteiger partial charge in [-0.3, -0.25) is 4.68 Å². The van der Waals surface area contributed by atoms with Crippen LogP contribution < -0.4 is 4.74 Å². The van der Waals surface area contributed by atoms with Crippen molar-refractivity contribution in [1.82, 2.24) is 14.7 Å². The molecule has 0 radical (unpaired) electrons. The monoisotopic (exact) mass is 427 g/mol. The number of nitrogens with zero attached hydrogens (tertiary/aromatic N) is 3. The highest BCUT2D eigenvalue weighted by Gasteiger charge is 2.18. The highest BCUT2D eigenvalue weighted by Crippen LogP contribution is 2.26. The lowest BCUT2D eigenvalue weighted by Crippen LogP contribution is -2.36. The van der Waals surface area contributed by atoms with Crippen LogP contribution >= 0.6 is 11.6 Å². The van der Waals surface area contributed by atoms with Gasteiger partial charge in [-0.1, -0.05) is 35.9 Å². The van der Waals surface area contributed by atoms with Crippen molar-refractivity contribution in [2.45, 2.75) is 25.8 Å². The maximum absolute atomic E-state index is 6.11. The molecule has 1 saturated heterocycles. The molecule has 1 aliphatic heterocycles. The summed E-state index contributed by atoms with van der Waals surface area (Å²) in [4.78, 5) is 2.53. The van der Waals surface area contributed by atoms with Crippen LogP contribution in [-0.4, -0.2) is 54.6 Å². The fourth-order valence-corrected chi connectivity index (χ4v) is 4.28. The van der Waals surface area contributed by atoms with Crippen molar-refractivity contribution in [2.24, 2.45) is 5.92 Å². The lowest BCUT2D eigenvalue weighted by molar-refractivity contribution is 0.0969. The number of aromatic nitrogens is 2. The Morgan fingerprint density at radius 1 is 1.07 bits per heavy atom. The minimum absolute atomic E-state index is 0.681. The quantitative estimate of drug-likeness (QED) is 0.457. The van der Waals surface area contributed by atoms with E-state index in [1.807, 2.05) is 41.1 Å². The molecule has 0 atom stereocenters. The number of ether oxygens (including phenoxy) is 2. The summed E-state index contributed by atoms with van der Waals surface area (Å²) in [5.74, 6) is 1.44. The van der Waals surface area contributed by atoms with E-state index in [1.165, 1.54) is 12.8 Å². The Labute approximate surface area is 183 Å². The largest absolute Gasteiger partial charge is 0.476 e. The molecule has 1 aliphatic rings. The van der Waals surface area contributed by atoms with E-state index in [-0.39, 0.29) is 0 Å². The van der Waals surface area contributed by atoms with Gasteiger partial charge in [0.1, 0.15) is 0 Å². The Kier molecular flexibility index (Phi) is 7.26. The van der Waals surface area contributed by atoms with Gasteiger partial charge in [-0.25, -0.2) is 0 Å². The molecule has 5 nitrogen and oxygen atoms in total. The number of likely N-dealkylation sites (tertiary alicyclic amines) is 1. The zero-order chi connectivity index (χ0) is 20.8. The molecule has 0 unspecified atom stereocenters. The second-order valence-electron chi connectivity index (χ2n) is 8.05. The van der Waals surface area contributed by atoms with Crippen LogP contribution in [0.4, 0.5) is 0 Å². The number of para-hydroxylation sites is 1. The normalized spacial score (nSPS) is 15.7. The molecular formula is C24H30ClN3O2. The third-order valence-electron chi connectivity index (χ3n) is 5.84. The van der Waals surface area contributed by atoms with Crippen molar-refractivity contribution in [3.8, 4) is 5.88 Å². The molecular weight excluding hydrogens is 398 g/mol. The number of hydrogen-bond acceptors (Lipinski definition) is 4. The summed E-state index contributed by atoms with van der Waals surface area (Å²) in [7, 11) is 1.80. The average molecular weight is 428 g/mol. The lowest BCUT2D eigenvalue weighted by atomic mass is 9.98. The van der Waals surface area contributed by atoms with Gasteiger partial charge in [-0.15, -0.1) is 5.10 Å². The Morgan fingerprint density at radius 2 is 1.83 bits per heavy atom. The van der Waals surface area contributed by atoms with Gasteiger partial charge in [0.2, 0.25) is 5.88 Å². The zero-order valence-corrected chi connectivity index (χ0v) is 18.4. The maximum atomic E-state index is 6.11. The highest BCUT2D eigenvalue weighted by atomic mass is 35.5. The molecule has 0 spiro atoms. The second-order valence-corrected chi connectivity index (χ2v) is 8.49. The first kappa shape index (κ1) is 21.2. The van der Waals surface area contributed by atoms with Crippen LogP contribution in [-0.2, 0) is 11.3 Å². The zero-order valence-electron chi connectivity index (χ0n) is 17.6. The number of fused-ring (bicyclic) bond motifs is 1. The Hall–Kier alpha value is -2.08. The Bertz CT molecular complexity index is 933. The van der Waals surface area contributed by atoms with Crippen LogP contribution in [0, 0.1) is 5.92 Å². The molecule has 0 bridgehead atoms. The van der Waals surface area contributed by atoms with E-state index < -0.39 is 0 Å². The number of rotatable bonds is 9. The summed E-state index contributed by atoms with van der Waals surface area (Å²) in [6.45, 7) is 5.66. The first-order chi connectivity index (χ1) is 14.7. The van der Waals surface area contributed by atoms with Gasteiger partial charge in [0.15, 0.2) is 0 Å². The van der Waals surface area contributed by atoms with E-state index in [0.717, 1.165) is 65.9 Å². The maximum Gasteiger partial charge on any atom is 0.240 e. The SMILES string of the molecule is COCC1CCN(CCCOc2nn(Cc3ccc(Cl)cc3)c3ccccc23)CC1. The van der Waals surface area contributed by atoms with Crippen LogP contribution in [0.3, 0.4) is 0 Å². The first-order valence-corrected chi connectivity index (χ1v) is 11.1. The summed E-state index contributed by atoms with van der Waals surface area (Å²) in [6.07, 6.45) is 3.47. The summed E-state index contributed by atoms with van der Waals surface area (Å²) in [6, 6.07) is 16.2. The predicted octanol–water partition coefficient (Wildman–Crippen LogP) is 4.87. The fraction of sp³-hybridized carbons (Fsp3) is 0.458. The molecule has 0 N–H and O–H groups in total. The number of hydrogen-bond donors (Lipinski definition) is 0. The molecule has 4 rings (SSSR count). The van der Waals surface area contributed by atoms with E-state index in [9.17, 15) is 0 Å². The van der Waals surface area contributed by atoms with E-state index >= 15 is 0 Å². The second kappa shape index (κ2) is 10.3. The van der Waals surface area contributed by atoms with Crippen molar-refractivity contribution in [3.05, 3.63) is 59.1 Å². The minimum atomic E-state index is 0.681. The standard InChI is InChI=1S/C24H30ClN3O2/c1-29-18-20-11-14-27(15-12-20)13-4-16-30-24-22-5-2-3-6-23(22)28(26-24)17-19-7-9-21(25)10-8-19/h2-3,5-10,20H,4,11-18H2,1H3. The van der Waals surface area contributed by atoms with Gasteiger partial charge in [0.25, 0.3) is 0 Å².